The molecule has 0 saturated carbocycles. The number of hydrogen-bond donors (Lipinski definition) is 1. The number of imidazole rings is 1. The summed E-state index contributed by atoms with van der Waals surface area (Å²) in [5.41, 5.74) is 2.91. The molecular formula is C30H24ClN5O4S2. The molecule has 212 valence electrons. The number of carbonyl (C=O) groups is 2. The molecule has 1 aliphatic rings. The summed E-state index contributed by atoms with van der Waals surface area (Å²) in [5, 5.41) is 21.2. The molecule has 12 heteroatoms. The van der Waals surface area contributed by atoms with Crippen LogP contribution in [0.5, 0.6) is 5.75 Å². The van der Waals surface area contributed by atoms with Crippen LogP contribution in [0.4, 0.5) is 5.13 Å². The summed E-state index contributed by atoms with van der Waals surface area (Å²) in [7, 11) is 0. The number of aliphatic hydroxyl groups is 1. The van der Waals surface area contributed by atoms with Crippen molar-refractivity contribution >= 4 is 62.9 Å². The molecule has 1 atom stereocenters. The normalized spacial score (nSPS) is 16.5. The Kier molecular flexibility index (Phi) is 7.72. The van der Waals surface area contributed by atoms with Gasteiger partial charge in [-0.2, -0.15) is 0 Å². The lowest BCUT2D eigenvalue weighted by molar-refractivity contribution is -0.132. The number of aliphatic hydroxyl groups excluding tert-OH is 1. The predicted molar refractivity (Wildman–Crippen MR) is 163 cm³/mol. The van der Waals surface area contributed by atoms with Crippen LogP contribution < -0.4 is 9.64 Å². The van der Waals surface area contributed by atoms with E-state index in [0.29, 0.717) is 50.1 Å². The van der Waals surface area contributed by atoms with Gasteiger partial charge in [-0.25, -0.2) is 4.98 Å². The average molecular weight is 618 g/mol. The van der Waals surface area contributed by atoms with Gasteiger partial charge in [0.25, 0.3) is 5.78 Å². The van der Waals surface area contributed by atoms with Crippen LogP contribution in [0, 0.1) is 6.92 Å². The molecule has 1 N–H and O–H groups in total. The second-order valence-corrected chi connectivity index (χ2v) is 12.0. The number of pyridine rings is 1. The fourth-order valence-electron chi connectivity index (χ4n) is 4.93. The van der Waals surface area contributed by atoms with E-state index >= 15 is 0 Å². The number of ketones is 1. The van der Waals surface area contributed by atoms with Crippen LogP contribution in [0.15, 0.2) is 82.8 Å². The summed E-state index contributed by atoms with van der Waals surface area (Å²) in [6.45, 7) is 4.05. The van der Waals surface area contributed by atoms with Crippen molar-refractivity contribution in [2.45, 2.75) is 30.0 Å². The number of anilines is 1. The van der Waals surface area contributed by atoms with Crippen LogP contribution in [0.3, 0.4) is 0 Å². The number of ether oxygens (including phenoxy) is 1. The van der Waals surface area contributed by atoms with Crippen LogP contribution in [0.1, 0.15) is 35.5 Å². The van der Waals surface area contributed by atoms with Crippen molar-refractivity contribution in [3.8, 4) is 5.75 Å². The maximum absolute atomic E-state index is 13.7. The molecule has 1 fully saturated rings. The minimum atomic E-state index is -0.978. The van der Waals surface area contributed by atoms with E-state index in [0.717, 1.165) is 5.56 Å². The lowest BCUT2D eigenvalue weighted by Gasteiger charge is -2.23. The Labute approximate surface area is 254 Å². The van der Waals surface area contributed by atoms with E-state index in [4.69, 9.17) is 16.3 Å². The first-order valence-electron chi connectivity index (χ1n) is 13.0. The zero-order chi connectivity index (χ0) is 29.4. The number of carbonyl (C=O) groups excluding carboxylic acids is 2. The van der Waals surface area contributed by atoms with Gasteiger partial charge in [0, 0.05) is 17.0 Å². The summed E-state index contributed by atoms with van der Waals surface area (Å²) >= 11 is 8.93. The molecule has 0 spiro atoms. The monoisotopic (exact) mass is 617 g/mol. The quantitative estimate of drug-likeness (QED) is 0.0694. The van der Waals surface area contributed by atoms with E-state index in [1.807, 2.05) is 37.3 Å². The van der Waals surface area contributed by atoms with Crippen molar-refractivity contribution in [1.82, 2.24) is 19.6 Å². The lowest BCUT2D eigenvalue weighted by Crippen LogP contribution is -2.29. The SMILES string of the molecule is CCOc1cccc(C2/C(=C(\O)c3c(C)nc4ccccn34)C(=O)C(=O)N2c2nnc(SCc3ccccc3Cl)s2)c1. The van der Waals surface area contributed by atoms with Crippen molar-refractivity contribution in [1.29, 1.82) is 0 Å². The molecule has 42 heavy (non-hydrogen) atoms. The van der Waals surface area contributed by atoms with Gasteiger partial charge < -0.3 is 9.84 Å². The minimum absolute atomic E-state index is 0.0668. The molecule has 3 aromatic heterocycles. The maximum Gasteiger partial charge on any atom is 0.301 e. The standard InChI is InChI=1S/C30H24ClN5O4S2/c1-3-40-20-11-8-10-18(15-20)25-23(26(37)24-17(2)32-22-13-6-7-14-35(22)24)27(38)28(39)36(25)29-33-34-30(42-29)41-16-19-9-4-5-12-21(19)31/h4-15,25,37H,3,16H2,1-2H3/b26-23+. The summed E-state index contributed by atoms with van der Waals surface area (Å²) in [6, 6.07) is 19.1. The van der Waals surface area contributed by atoms with Gasteiger partial charge in [-0.15, -0.1) is 10.2 Å². The highest BCUT2D eigenvalue weighted by atomic mass is 35.5. The van der Waals surface area contributed by atoms with Crippen LogP contribution in [-0.4, -0.2) is 43.0 Å². The summed E-state index contributed by atoms with van der Waals surface area (Å²) in [6.07, 6.45) is 1.75. The average Bonchev–Trinajstić information content (AvgIpc) is 3.66. The third-order valence-electron chi connectivity index (χ3n) is 6.77. The Hall–Kier alpha value is -4.19. The van der Waals surface area contributed by atoms with Crippen molar-refractivity contribution in [2.75, 3.05) is 11.5 Å². The number of thioether (sulfide) groups is 1. The van der Waals surface area contributed by atoms with E-state index < -0.39 is 17.7 Å². The van der Waals surface area contributed by atoms with Gasteiger partial charge >= 0.3 is 5.91 Å². The second-order valence-electron chi connectivity index (χ2n) is 9.38. The minimum Gasteiger partial charge on any atom is -0.505 e. The fourth-order valence-corrected chi connectivity index (χ4v) is 7.08. The topological polar surface area (TPSA) is 110 Å². The highest BCUT2D eigenvalue weighted by Gasteiger charge is 2.49. The van der Waals surface area contributed by atoms with Gasteiger partial charge in [-0.05, 0) is 55.3 Å². The Morgan fingerprint density at radius 1 is 1.10 bits per heavy atom. The molecule has 1 unspecified atom stereocenters. The predicted octanol–water partition coefficient (Wildman–Crippen LogP) is 6.46. The Bertz CT molecular complexity index is 1870. The highest BCUT2D eigenvalue weighted by molar-refractivity contribution is 8.00. The number of rotatable bonds is 8. The summed E-state index contributed by atoms with van der Waals surface area (Å²) < 4.78 is 8.01. The van der Waals surface area contributed by atoms with Crippen LogP contribution >= 0.6 is 34.7 Å². The molecule has 5 aromatic rings. The molecule has 6 rings (SSSR count). The van der Waals surface area contributed by atoms with Crippen molar-refractivity contribution < 1.29 is 19.4 Å². The Balaban J connectivity index is 1.45. The summed E-state index contributed by atoms with van der Waals surface area (Å²) in [4.78, 5) is 33.2. The molecule has 1 aliphatic heterocycles. The van der Waals surface area contributed by atoms with Gasteiger partial charge in [0.15, 0.2) is 10.1 Å². The number of benzene rings is 2. The fraction of sp³-hybridized carbons (Fsp3) is 0.167. The Morgan fingerprint density at radius 3 is 2.71 bits per heavy atom. The van der Waals surface area contributed by atoms with E-state index in [1.54, 1.807) is 53.9 Å². The first-order chi connectivity index (χ1) is 20.4. The lowest BCUT2D eigenvalue weighted by atomic mass is 9.96. The van der Waals surface area contributed by atoms with Gasteiger partial charge in [0.1, 0.15) is 17.1 Å². The van der Waals surface area contributed by atoms with Crippen LogP contribution in [-0.2, 0) is 15.3 Å². The highest BCUT2D eigenvalue weighted by Crippen LogP contribution is 2.45. The molecule has 2 aromatic carbocycles. The molecular weight excluding hydrogens is 594 g/mol. The van der Waals surface area contributed by atoms with Crippen molar-refractivity contribution in [3.05, 3.63) is 106 Å². The number of fused-ring (bicyclic) bond motifs is 1. The van der Waals surface area contributed by atoms with E-state index in [2.05, 4.69) is 15.2 Å². The first-order valence-corrected chi connectivity index (χ1v) is 15.2. The number of Topliss-reactive ketones (excluding diaryl/α,β-unsaturated/α-hetero) is 1. The number of aromatic nitrogens is 4. The van der Waals surface area contributed by atoms with Crippen molar-refractivity contribution in [3.63, 3.8) is 0 Å². The molecule has 1 amide bonds. The van der Waals surface area contributed by atoms with E-state index in [-0.39, 0.29) is 16.5 Å². The van der Waals surface area contributed by atoms with Crippen molar-refractivity contribution in [2.24, 2.45) is 0 Å². The zero-order valence-corrected chi connectivity index (χ0v) is 24.9. The number of halogens is 1. The van der Waals surface area contributed by atoms with E-state index in [9.17, 15) is 14.7 Å². The number of aryl methyl sites for hydroxylation is 1. The molecule has 0 bridgehead atoms. The third kappa shape index (κ3) is 5.04. The van der Waals surface area contributed by atoms with Crippen LogP contribution in [0.25, 0.3) is 11.4 Å². The zero-order valence-electron chi connectivity index (χ0n) is 22.5. The third-order valence-corrected chi connectivity index (χ3v) is 9.24. The largest absolute Gasteiger partial charge is 0.505 e. The summed E-state index contributed by atoms with van der Waals surface area (Å²) in [5.74, 6) is -0.837. The molecule has 4 heterocycles. The second kappa shape index (κ2) is 11.6. The smallest absolute Gasteiger partial charge is 0.301 e. The molecule has 0 radical (unpaired) electrons. The van der Waals surface area contributed by atoms with Gasteiger partial charge in [0.05, 0.1) is 23.9 Å². The van der Waals surface area contributed by atoms with Gasteiger partial charge in [0.2, 0.25) is 5.13 Å². The number of nitrogens with zero attached hydrogens (tertiary/aromatic N) is 5. The van der Waals surface area contributed by atoms with Gasteiger partial charge in [-0.3, -0.25) is 18.9 Å². The maximum atomic E-state index is 13.7. The first kappa shape index (κ1) is 28.0. The van der Waals surface area contributed by atoms with Gasteiger partial charge in [-0.1, -0.05) is 71.1 Å². The number of hydrogen-bond acceptors (Lipinski definition) is 9. The Morgan fingerprint density at radius 2 is 1.90 bits per heavy atom. The molecule has 0 aliphatic carbocycles. The van der Waals surface area contributed by atoms with Crippen LogP contribution in [0.2, 0.25) is 5.02 Å². The molecule has 9 nitrogen and oxygen atoms in total. The molecule has 1 saturated heterocycles. The number of amides is 1. The van der Waals surface area contributed by atoms with E-state index in [1.165, 1.54) is 28.0 Å².